The lowest BCUT2D eigenvalue weighted by atomic mass is 10.2. The van der Waals surface area contributed by atoms with Crippen molar-refractivity contribution in [3.05, 3.63) is 0 Å². The zero-order valence-corrected chi connectivity index (χ0v) is 10.2. The Bertz CT molecular complexity index is 243. The summed E-state index contributed by atoms with van der Waals surface area (Å²) in [4.78, 5) is 0. The number of aliphatic hydroxyl groups excluding tert-OH is 1. The maximum absolute atomic E-state index is 8.78. The molecule has 5 nitrogen and oxygen atoms in total. The Morgan fingerprint density at radius 1 is 1.24 bits per heavy atom. The highest BCUT2D eigenvalue weighted by molar-refractivity contribution is 4.90. The average Bonchev–Trinajstić information content (AvgIpc) is 2.83. The second kappa shape index (κ2) is 5.63. The molecule has 100 valence electrons. The maximum atomic E-state index is 8.78. The van der Waals surface area contributed by atoms with E-state index in [4.69, 9.17) is 25.4 Å². The average molecular weight is 246 g/mol. The Labute approximate surface area is 102 Å². The summed E-state index contributed by atoms with van der Waals surface area (Å²) >= 11 is 0. The molecular formula is C12H24NO4+. The van der Waals surface area contributed by atoms with Gasteiger partial charge in [-0.3, -0.25) is 0 Å². The van der Waals surface area contributed by atoms with Gasteiger partial charge < -0.3 is 25.4 Å². The van der Waals surface area contributed by atoms with Crippen molar-refractivity contribution in [2.24, 2.45) is 5.73 Å². The van der Waals surface area contributed by atoms with Gasteiger partial charge >= 0.3 is 0 Å². The maximum Gasteiger partial charge on any atom is 0.273 e. The van der Waals surface area contributed by atoms with E-state index in [0.29, 0.717) is 6.61 Å². The summed E-state index contributed by atoms with van der Waals surface area (Å²) < 4.78 is 11.5. The molecule has 2 aliphatic rings. The van der Waals surface area contributed by atoms with Gasteiger partial charge in [0.1, 0.15) is 0 Å². The fourth-order valence-electron chi connectivity index (χ4n) is 2.85. The normalized spacial score (nSPS) is 36.5. The van der Waals surface area contributed by atoms with E-state index in [9.17, 15) is 0 Å². The molecule has 0 unspecified atom stereocenters. The molecule has 0 amide bonds. The van der Waals surface area contributed by atoms with Gasteiger partial charge in [-0.05, 0) is 25.7 Å². The van der Waals surface area contributed by atoms with Crippen LogP contribution in [0.2, 0.25) is 0 Å². The van der Waals surface area contributed by atoms with Crippen LogP contribution in [-0.2, 0) is 9.47 Å². The zero-order chi connectivity index (χ0) is 12.3. The second-order valence-electron chi connectivity index (χ2n) is 5.22. The van der Waals surface area contributed by atoms with Crippen molar-refractivity contribution in [3.63, 3.8) is 0 Å². The lowest BCUT2D eigenvalue weighted by Gasteiger charge is -2.26. The standard InChI is InChI=1S/C12H23NO4/c13-9-7-10(16-6-5-14)11(8-9)17-12(15)3-1-2-4-12/h9-11,14-15H,1-8,13H2/p+1/t9-,10+,11+/m1/s1. The molecule has 0 bridgehead atoms. The number of aliphatic hydroxyl groups is 1. The summed E-state index contributed by atoms with van der Waals surface area (Å²) in [6, 6.07) is 0.0914. The Balaban J connectivity index is 1.88. The van der Waals surface area contributed by atoms with Crippen LogP contribution >= 0.6 is 0 Å². The van der Waals surface area contributed by atoms with Gasteiger partial charge in [0.2, 0.25) is 0 Å². The molecule has 0 aromatic rings. The first-order valence-corrected chi connectivity index (χ1v) is 6.54. The van der Waals surface area contributed by atoms with Gasteiger partial charge in [0.15, 0.2) is 0 Å². The van der Waals surface area contributed by atoms with E-state index in [1.54, 1.807) is 0 Å². The summed E-state index contributed by atoms with van der Waals surface area (Å²) in [6.07, 6.45) is 5.16. The van der Waals surface area contributed by atoms with E-state index in [1.807, 2.05) is 0 Å². The van der Waals surface area contributed by atoms with E-state index in [2.05, 4.69) is 0 Å². The van der Waals surface area contributed by atoms with Gasteiger partial charge in [0, 0.05) is 6.04 Å². The van der Waals surface area contributed by atoms with E-state index in [0.717, 1.165) is 38.5 Å². The van der Waals surface area contributed by atoms with Crippen molar-refractivity contribution < 1.29 is 19.7 Å². The number of rotatable bonds is 5. The first-order chi connectivity index (χ1) is 8.13. The Hall–Kier alpha value is -0.200. The second-order valence-corrected chi connectivity index (χ2v) is 5.22. The highest BCUT2D eigenvalue weighted by atomic mass is 16.6. The number of nitrogens with two attached hydrogens (primary N) is 1. The van der Waals surface area contributed by atoms with Gasteiger partial charge in [-0.1, -0.05) is 0 Å². The summed E-state index contributed by atoms with van der Waals surface area (Å²) in [5.74, 6) is -0.727. The van der Waals surface area contributed by atoms with Gasteiger partial charge in [-0.25, -0.2) is 0 Å². The van der Waals surface area contributed by atoms with Crippen molar-refractivity contribution in [2.45, 2.75) is 62.6 Å². The quantitative estimate of drug-likeness (QED) is 0.522. The number of hydrogen-bond acceptors (Lipinski definition) is 4. The first kappa shape index (κ1) is 13.2. The van der Waals surface area contributed by atoms with Crippen LogP contribution in [0, 0.1) is 0 Å². The van der Waals surface area contributed by atoms with Crippen LogP contribution in [0.5, 0.6) is 0 Å². The van der Waals surface area contributed by atoms with Crippen molar-refractivity contribution in [1.82, 2.24) is 0 Å². The van der Waals surface area contributed by atoms with Gasteiger partial charge in [0.05, 0.1) is 38.3 Å². The molecule has 0 spiro atoms. The van der Waals surface area contributed by atoms with Crippen molar-refractivity contribution >= 4 is 0 Å². The van der Waals surface area contributed by atoms with Crippen LogP contribution in [0.4, 0.5) is 0 Å². The zero-order valence-electron chi connectivity index (χ0n) is 10.2. The third-order valence-corrected chi connectivity index (χ3v) is 3.70. The molecule has 5 heteroatoms. The van der Waals surface area contributed by atoms with Gasteiger partial charge in [0.25, 0.3) is 5.79 Å². The lowest BCUT2D eigenvalue weighted by Crippen LogP contribution is -2.38. The highest BCUT2D eigenvalue weighted by Crippen LogP contribution is 2.35. The molecule has 2 aliphatic carbocycles. The summed E-state index contributed by atoms with van der Waals surface area (Å²) in [6.45, 7) is 0.340. The van der Waals surface area contributed by atoms with E-state index >= 15 is 0 Å². The van der Waals surface area contributed by atoms with Crippen LogP contribution < -0.4 is 5.73 Å². The molecule has 0 heterocycles. The van der Waals surface area contributed by atoms with Crippen LogP contribution in [-0.4, -0.2) is 47.5 Å². The monoisotopic (exact) mass is 246 g/mol. The van der Waals surface area contributed by atoms with E-state index in [-0.39, 0.29) is 24.9 Å². The van der Waals surface area contributed by atoms with Crippen LogP contribution in [0.25, 0.3) is 0 Å². The number of ether oxygens (including phenoxy) is 2. The summed E-state index contributed by atoms with van der Waals surface area (Å²) in [5, 5.41) is 17.0. The predicted octanol–water partition coefficient (Wildman–Crippen LogP) is -0.135. The minimum absolute atomic E-state index is 0.0183. The molecule has 0 aromatic heterocycles. The minimum atomic E-state index is -0.727. The van der Waals surface area contributed by atoms with Crippen molar-refractivity contribution in [1.29, 1.82) is 0 Å². The third-order valence-electron chi connectivity index (χ3n) is 3.70. The molecule has 0 aromatic carbocycles. The topological polar surface area (TPSA) is 87.6 Å². The van der Waals surface area contributed by atoms with Gasteiger partial charge in [-0.2, -0.15) is 0 Å². The highest BCUT2D eigenvalue weighted by Gasteiger charge is 2.44. The molecule has 2 saturated carbocycles. The van der Waals surface area contributed by atoms with Crippen molar-refractivity contribution in [2.75, 3.05) is 13.2 Å². The summed E-state index contributed by atoms with van der Waals surface area (Å²) in [5.41, 5.74) is 5.92. The summed E-state index contributed by atoms with van der Waals surface area (Å²) in [7, 11) is 0. The Morgan fingerprint density at radius 3 is 2.53 bits per heavy atom. The van der Waals surface area contributed by atoms with E-state index < -0.39 is 5.79 Å². The molecular weight excluding hydrogens is 222 g/mol. The molecule has 5 N–H and O–H groups in total. The minimum Gasteiger partial charge on any atom is -0.419 e. The molecule has 2 rings (SSSR count). The fourth-order valence-corrected chi connectivity index (χ4v) is 2.85. The Kier molecular flexibility index (Phi) is 4.38. The molecule has 2 fully saturated rings. The Morgan fingerprint density at radius 2 is 1.88 bits per heavy atom. The van der Waals surface area contributed by atoms with Crippen LogP contribution in [0.3, 0.4) is 0 Å². The van der Waals surface area contributed by atoms with E-state index in [1.165, 1.54) is 0 Å². The first-order valence-electron chi connectivity index (χ1n) is 6.54. The SMILES string of the molecule is N[C@@H]1C[C@H](OCCO)[C@@H](OC2([OH2+])CCCC2)C1. The molecule has 0 saturated heterocycles. The van der Waals surface area contributed by atoms with Crippen molar-refractivity contribution in [3.8, 4) is 0 Å². The molecule has 0 radical (unpaired) electrons. The van der Waals surface area contributed by atoms with Crippen LogP contribution in [0.15, 0.2) is 0 Å². The third kappa shape index (κ3) is 3.39. The molecule has 17 heavy (non-hydrogen) atoms. The number of hydrogen-bond donors (Lipinski definition) is 2. The lowest BCUT2D eigenvalue weighted by molar-refractivity contribution is -0.241. The van der Waals surface area contributed by atoms with Gasteiger partial charge in [-0.15, -0.1) is 0 Å². The fraction of sp³-hybridized carbons (Fsp3) is 1.00. The van der Waals surface area contributed by atoms with Crippen LogP contribution in [0.1, 0.15) is 38.5 Å². The smallest absolute Gasteiger partial charge is 0.273 e. The molecule has 3 atom stereocenters. The molecule has 0 aliphatic heterocycles. The largest absolute Gasteiger partial charge is 0.419 e. The predicted molar refractivity (Wildman–Crippen MR) is 63.7 cm³/mol.